The average molecular weight is 412 g/mol. The molecule has 1 saturated heterocycles. The summed E-state index contributed by atoms with van der Waals surface area (Å²) < 4.78 is 29.0. The fourth-order valence-corrected chi connectivity index (χ4v) is 4.63. The molecule has 27 heavy (non-hydrogen) atoms. The van der Waals surface area contributed by atoms with Gasteiger partial charge in [-0.15, -0.1) is 11.3 Å². The van der Waals surface area contributed by atoms with Gasteiger partial charge in [0.2, 0.25) is 0 Å². The Morgan fingerprint density at radius 1 is 1.41 bits per heavy atom. The summed E-state index contributed by atoms with van der Waals surface area (Å²) in [6, 6.07) is 4.07. The second kappa shape index (κ2) is 9.89. The maximum atomic E-state index is 14.0. The van der Waals surface area contributed by atoms with Crippen molar-refractivity contribution in [1.82, 2.24) is 15.6 Å². The molecule has 0 spiro atoms. The average Bonchev–Trinajstić information content (AvgIpc) is 3.32. The summed E-state index contributed by atoms with van der Waals surface area (Å²) in [5.41, 5.74) is 0.0592. The van der Waals surface area contributed by atoms with Crippen LogP contribution in [0.5, 0.6) is 0 Å². The molecule has 0 saturated carbocycles. The first-order chi connectivity index (χ1) is 13.2. The number of anilines is 1. The lowest BCUT2D eigenvalue weighted by Crippen LogP contribution is -2.45. The highest BCUT2D eigenvalue weighted by atomic mass is 32.2. The lowest BCUT2D eigenvalue weighted by Gasteiger charge is -2.21. The van der Waals surface area contributed by atoms with Crippen LogP contribution in [-0.2, 0) is 0 Å². The van der Waals surface area contributed by atoms with Crippen LogP contribution in [0, 0.1) is 11.6 Å². The molecule has 146 valence electrons. The lowest BCUT2D eigenvalue weighted by molar-refractivity contribution is 0.576. The van der Waals surface area contributed by atoms with E-state index in [0.717, 1.165) is 35.4 Å². The Labute approximate surface area is 166 Å². The molecule has 9 heteroatoms. The Bertz CT molecular complexity index is 734. The number of halogens is 2. The first-order valence-electron chi connectivity index (χ1n) is 8.86. The van der Waals surface area contributed by atoms with Gasteiger partial charge in [-0.25, -0.2) is 13.8 Å². The molecule has 2 heterocycles. The van der Waals surface area contributed by atoms with E-state index >= 15 is 0 Å². The summed E-state index contributed by atoms with van der Waals surface area (Å²) in [5, 5.41) is 8.62. The summed E-state index contributed by atoms with van der Waals surface area (Å²) >= 11 is 3.40. The zero-order valence-corrected chi connectivity index (χ0v) is 16.8. The number of nitrogens with one attached hydrogen (secondary N) is 2. The van der Waals surface area contributed by atoms with Crippen LogP contribution < -0.4 is 15.5 Å². The Morgan fingerprint density at radius 3 is 2.93 bits per heavy atom. The van der Waals surface area contributed by atoms with Crippen LogP contribution in [0.15, 0.2) is 39.1 Å². The fourth-order valence-electron chi connectivity index (χ4n) is 2.98. The van der Waals surface area contributed by atoms with Crippen LogP contribution in [0.2, 0.25) is 0 Å². The molecular weight excluding hydrogens is 388 g/mol. The molecule has 0 radical (unpaired) electrons. The third kappa shape index (κ3) is 5.55. The lowest BCUT2D eigenvalue weighted by atomic mass is 10.2. The van der Waals surface area contributed by atoms with Crippen LogP contribution in [0.3, 0.4) is 0 Å². The number of thiazole rings is 1. The van der Waals surface area contributed by atoms with Crippen molar-refractivity contribution >= 4 is 34.7 Å². The molecule has 0 bridgehead atoms. The zero-order chi connectivity index (χ0) is 19.1. The highest BCUT2D eigenvalue weighted by molar-refractivity contribution is 8.00. The predicted octanol–water partition coefficient (Wildman–Crippen LogP) is 3.35. The van der Waals surface area contributed by atoms with Crippen LogP contribution in [-0.4, -0.2) is 49.4 Å². The first-order valence-corrected chi connectivity index (χ1v) is 10.7. The van der Waals surface area contributed by atoms with Crippen molar-refractivity contribution in [2.24, 2.45) is 4.99 Å². The Balaban J connectivity index is 1.41. The molecule has 2 N–H and O–H groups in total. The number of rotatable bonds is 7. The van der Waals surface area contributed by atoms with Crippen LogP contribution in [0.4, 0.5) is 14.5 Å². The topological polar surface area (TPSA) is 52.6 Å². The number of thioether (sulfide) groups is 1. The Morgan fingerprint density at radius 2 is 2.22 bits per heavy atom. The molecule has 5 nitrogen and oxygen atoms in total. The molecule has 1 unspecified atom stereocenters. The van der Waals surface area contributed by atoms with E-state index < -0.39 is 11.6 Å². The molecule has 2 aromatic rings. The highest BCUT2D eigenvalue weighted by Gasteiger charge is 2.27. The number of hydrogen-bond acceptors (Lipinski definition) is 5. The summed E-state index contributed by atoms with van der Waals surface area (Å²) in [5.74, 6) is 0.670. The van der Waals surface area contributed by atoms with Crippen molar-refractivity contribution in [3.05, 3.63) is 41.4 Å². The molecule has 0 aliphatic carbocycles. The quantitative estimate of drug-likeness (QED) is 0.317. The molecule has 1 aromatic heterocycles. The molecule has 1 aliphatic heterocycles. The van der Waals surface area contributed by atoms with Crippen molar-refractivity contribution in [2.75, 3.05) is 37.3 Å². The molecular formula is C18H23F2N5S2. The van der Waals surface area contributed by atoms with Gasteiger partial charge in [-0.1, -0.05) is 17.8 Å². The smallest absolute Gasteiger partial charge is 0.191 e. The fraction of sp³-hybridized carbons (Fsp3) is 0.444. The van der Waals surface area contributed by atoms with E-state index in [1.54, 1.807) is 35.0 Å². The minimum absolute atomic E-state index is 0.0592. The van der Waals surface area contributed by atoms with Gasteiger partial charge in [0.15, 0.2) is 5.96 Å². The number of aliphatic imine (C=N–C) groups is 1. The summed E-state index contributed by atoms with van der Waals surface area (Å²) in [4.78, 5) is 10.2. The minimum atomic E-state index is -0.518. The van der Waals surface area contributed by atoms with Gasteiger partial charge < -0.3 is 15.5 Å². The third-order valence-electron chi connectivity index (χ3n) is 4.26. The van der Waals surface area contributed by atoms with E-state index in [1.165, 1.54) is 18.2 Å². The van der Waals surface area contributed by atoms with Gasteiger partial charge in [0.1, 0.15) is 21.7 Å². The molecule has 0 amide bonds. The highest BCUT2D eigenvalue weighted by Crippen LogP contribution is 2.26. The standard InChI is InChI=1S/C18H23F2N5S2/c1-21-17(22-7-3-10-26-18-23-8-11-27-18)24-13-6-9-25(12-13)16-14(19)4-2-5-15(16)20/h2,4-5,8,11,13H,3,6-7,9-10,12H2,1H3,(H2,21,22,24). The summed E-state index contributed by atoms with van der Waals surface area (Å²) in [6.45, 7) is 1.95. The van der Waals surface area contributed by atoms with Gasteiger partial charge in [-0.05, 0) is 25.0 Å². The van der Waals surface area contributed by atoms with Crippen molar-refractivity contribution in [3.8, 4) is 0 Å². The summed E-state index contributed by atoms with van der Waals surface area (Å²) in [7, 11) is 1.73. The van der Waals surface area contributed by atoms with Crippen molar-refractivity contribution in [3.63, 3.8) is 0 Å². The van der Waals surface area contributed by atoms with E-state index in [9.17, 15) is 8.78 Å². The number of nitrogens with zero attached hydrogens (tertiary/aromatic N) is 3. The molecule has 1 aromatic carbocycles. The van der Waals surface area contributed by atoms with Crippen LogP contribution >= 0.6 is 23.1 Å². The number of benzene rings is 1. The largest absolute Gasteiger partial charge is 0.365 e. The first kappa shape index (κ1) is 19.9. The van der Waals surface area contributed by atoms with Crippen LogP contribution in [0.25, 0.3) is 0 Å². The SMILES string of the molecule is CN=C(NCCCSc1nccs1)NC1CCN(c2c(F)cccc2F)C1. The molecule has 1 fully saturated rings. The molecule has 1 aliphatic rings. The van der Waals surface area contributed by atoms with E-state index in [1.807, 2.05) is 11.6 Å². The normalized spacial score (nSPS) is 17.4. The van der Waals surface area contributed by atoms with Crippen molar-refractivity contribution in [2.45, 2.75) is 23.2 Å². The van der Waals surface area contributed by atoms with E-state index in [4.69, 9.17) is 0 Å². The van der Waals surface area contributed by atoms with Gasteiger partial charge in [0.05, 0.1) is 0 Å². The van der Waals surface area contributed by atoms with Gasteiger partial charge in [0, 0.05) is 50.1 Å². The summed E-state index contributed by atoms with van der Waals surface area (Å²) in [6.07, 6.45) is 3.60. The Hall–Kier alpha value is -1.87. The zero-order valence-electron chi connectivity index (χ0n) is 15.1. The van der Waals surface area contributed by atoms with E-state index in [2.05, 4.69) is 20.6 Å². The van der Waals surface area contributed by atoms with Gasteiger partial charge in [-0.2, -0.15) is 0 Å². The second-order valence-electron chi connectivity index (χ2n) is 6.15. The number of para-hydroxylation sites is 1. The third-order valence-corrected chi connectivity index (χ3v) is 6.31. The predicted molar refractivity (Wildman–Crippen MR) is 109 cm³/mol. The van der Waals surface area contributed by atoms with E-state index in [-0.39, 0.29) is 11.7 Å². The number of aromatic nitrogens is 1. The number of hydrogen-bond donors (Lipinski definition) is 2. The second-order valence-corrected chi connectivity index (χ2v) is 8.38. The monoisotopic (exact) mass is 411 g/mol. The van der Waals surface area contributed by atoms with Gasteiger partial charge in [0.25, 0.3) is 0 Å². The van der Waals surface area contributed by atoms with Crippen molar-refractivity contribution in [1.29, 1.82) is 0 Å². The maximum absolute atomic E-state index is 14.0. The maximum Gasteiger partial charge on any atom is 0.191 e. The number of guanidine groups is 1. The Kier molecular flexibility index (Phi) is 7.28. The van der Waals surface area contributed by atoms with E-state index in [0.29, 0.717) is 13.1 Å². The molecule has 3 rings (SSSR count). The van der Waals surface area contributed by atoms with Crippen molar-refractivity contribution < 1.29 is 8.78 Å². The minimum Gasteiger partial charge on any atom is -0.365 e. The van der Waals surface area contributed by atoms with Gasteiger partial charge >= 0.3 is 0 Å². The van der Waals surface area contributed by atoms with Crippen LogP contribution in [0.1, 0.15) is 12.8 Å². The van der Waals surface area contributed by atoms with Gasteiger partial charge in [-0.3, -0.25) is 4.99 Å². The molecule has 1 atom stereocenters.